The van der Waals surface area contributed by atoms with E-state index in [1.807, 2.05) is 55.1 Å². The van der Waals surface area contributed by atoms with Crippen molar-refractivity contribution < 1.29 is 32.7 Å². The lowest BCUT2D eigenvalue weighted by Gasteiger charge is -2.29. The number of amides is 2. The summed E-state index contributed by atoms with van der Waals surface area (Å²) in [5.74, 6) is -2.68. The van der Waals surface area contributed by atoms with Crippen molar-refractivity contribution in [2.24, 2.45) is 0 Å². The monoisotopic (exact) mass is 571 g/mol. The van der Waals surface area contributed by atoms with Crippen LogP contribution in [-0.4, -0.2) is 71.6 Å². The van der Waals surface area contributed by atoms with Crippen LogP contribution in [0.25, 0.3) is 0 Å². The first kappa shape index (κ1) is 29.3. The molecule has 36 heavy (non-hydrogen) atoms. The lowest BCUT2D eigenvalue weighted by molar-refractivity contribution is -0.192. The Balaban J connectivity index is 0.000000572. The zero-order chi connectivity index (χ0) is 26.9. The highest BCUT2D eigenvalue weighted by Gasteiger charge is 2.38. The molecule has 0 aliphatic carbocycles. The van der Waals surface area contributed by atoms with Gasteiger partial charge in [0.2, 0.25) is 5.91 Å². The number of hydrogen-bond donors (Lipinski definition) is 2. The van der Waals surface area contributed by atoms with E-state index in [1.54, 1.807) is 4.90 Å². The van der Waals surface area contributed by atoms with Crippen LogP contribution in [0.5, 0.6) is 0 Å². The molecular weight excluding hydrogens is 543 g/mol. The van der Waals surface area contributed by atoms with Crippen LogP contribution < -0.4 is 5.32 Å². The van der Waals surface area contributed by atoms with Gasteiger partial charge in [0.05, 0.1) is 0 Å². The average Bonchev–Trinajstić information content (AvgIpc) is 2.82. The highest BCUT2D eigenvalue weighted by molar-refractivity contribution is 9.10. The van der Waals surface area contributed by atoms with E-state index in [4.69, 9.17) is 9.90 Å². The van der Waals surface area contributed by atoms with Gasteiger partial charge < -0.3 is 20.2 Å². The summed E-state index contributed by atoms with van der Waals surface area (Å²) in [6, 6.07) is 13.9. The van der Waals surface area contributed by atoms with E-state index in [9.17, 15) is 22.8 Å². The number of carbonyl (C=O) groups excluding carboxylic acids is 2. The van der Waals surface area contributed by atoms with Crippen LogP contribution in [0.1, 0.15) is 33.5 Å². The minimum Gasteiger partial charge on any atom is -0.475 e. The molecule has 0 unspecified atom stereocenters. The number of carboxylic acids is 1. The summed E-state index contributed by atoms with van der Waals surface area (Å²) in [4.78, 5) is 38.5. The number of aryl methyl sites for hydroxylation is 2. The van der Waals surface area contributed by atoms with Crippen molar-refractivity contribution in [2.45, 2.75) is 33.0 Å². The van der Waals surface area contributed by atoms with E-state index in [1.165, 1.54) is 0 Å². The Morgan fingerprint density at radius 1 is 1.03 bits per heavy atom. The third-order valence-electron chi connectivity index (χ3n) is 5.35. The molecule has 2 aromatic carbocycles. The molecule has 0 saturated carbocycles. The van der Waals surface area contributed by atoms with E-state index >= 15 is 0 Å². The molecule has 1 fully saturated rings. The van der Waals surface area contributed by atoms with Crippen LogP contribution in [0.15, 0.2) is 46.9 Å². The summed E-state index contributed by atoms with van der Waals surface area (Å²) in [5, 5.41) is 10.4. The zero-order valence-electron chi connectivity index (χ0n) is 20.1. The molecule has 1 aliphatic heterocycles. The quantitative estimate of drug-likeness (QED) is 0.543. The van der Waals surface area contributed by atoms with Gasteiger partial charge in [-0.15, -0.1) is 0 Å². The minimum atomic E-state index is -5.08. The smallest absolute Gasteiger partial charge is 0.475 e. The van der Waals surface area contributed by atoms with Gasteiger partial charge in [-0.05, 0) is 43.7 Å². The van der Waals surface area contributed by atoms with Gasteiger partial charge in [-0.3, -0.25) is 9.59 Å². The summed E-state index contributed by atoms with van der Waals surface area (Å²) in [6.45, 7) is 8.00. The lowest BCUT2D eigenvalue weighted by atomic mass is 10.1. The third kappa shape index (κ3) is 9.62. The van der Waals surface area contributed by atoms with E-state index < -0.39 is 12.1 Å². The number of carbonyl (C=O) groups is 3. The first-order chi connectivity index (χ1) is 16.9. The molecule has 0 spiro atoms. The molecule has 0 aromatic heterocycles. The van der Waals surface area contributed by atoms with Crippen molar-refractivity contribution in [3.05, 3.63) is 69.2 Å². The normalized spacial score (nSPS) is 13.4. The van der Waals surface area contributed by atoms with Gasteiger partial charge in [0, 0.05) is 55.7 Å². The fraction of sp³-hybridized carbons (Fsp3) is 0.400. The fourth-order valence-corrected chi connectivity index (χ4v) is 3.91. The van der Waals surface area contributed by atoms with Crippen LogP contribution in [0.2, 0.25) is 0 Å². The van der Waals surface area contributed by atoms with Crippen LogP contribution in [0, 0.1) is 13.8 Å². The van der Waals surface area contributed by atoms with Crippen LogP contribution in [0.3, 0.4) is 0 Å². The Morgan fingerprint density at radius 2 is 1.56 bits per heavy atom. The SMILES string of the molecule is Cc1cc(C)cc(C(=O)N(CCC(=O)N2CCNCC2)Cc2ccc(Br)cc2)c1.O=C(O)C(F)(F)F. The number of carboxylic acid groups (broad SMARTS) is 1. The molecule has 196 valence electrons. The number of piperazine rings is 1. The van der Waals surface area contributed by atoms with Crippen molar-refractivity contribution in [2.75, 3.05) is 32.7 Å². The Kier molecular flexibility index (Phi) is 10.9. The van der Waals surface area contributed by atoms with Gasteiger partial charge in [-0.25, -0.2) is 4.79 Å². The van der Waals surface area contributed by atoms with Crippen molar-refractivity contribution in [1.29, 1.82) is 0 Å². The lowest BCUT2D eigenvalue weighted by Crippen LogP contribution is -2.47. The van der Waals surface area contributed by atoms with E-state index in [2.05, 4.69) is 27.3 Å². The Morgan fingerprint density at radius 3 is 2.06 bits per heavy atom. The molecule has 2 aromatic rings. The number of alkyl halides is 3. The molecule has 1 heterocycles. The molecule has 2 amide bonds. The summed E-state index contributed by atoms with van der Waals surface area (Å²) >= 11 is 3.45. The van der Waals surface area contributed by atoms with Gasteiger partial charge in [0.25, 0.3) is 5.91 Å². The first-order valence-corrected chi connectivity index (χ1v) is 12.1. The summed E-state index contributed by atoms with van der Waals surface area (Å²) < 4.78 is 32.7. The molecule has 2 N–H and O–H groups in total. The van der Waals surface area contributed by atoms with Gasteiger partial charge >= 0.3 is 12.1 Å². The predicted octanol–water partition coefficient (Wildman–Crippen LogP) is 4.16. The maximum atomic E-state index is 13.3. The predicted molar refractivity (Wildman–Crippen MR) is 133 cm³/mol. The second-order valence-corrected chi connectivity index (χ2v) is 9.33. The van der Waals surface area contributed by atoms with Crippen molar-refractivity contribution in [1.82, 2.24) is 15.1 Å². The number of hydrogen-bond acceptors (Lipinski definition) is 4. The summed E-state index contributed by atoms with van der Waals surface area (Å²) in [7, 11) is 0. The molecule has 7 nitrogen and oxygen atoms in total. The number of nitrogens with zero attached hydrogens (tertiary/aromatic N) is 2. The van der Waals surface area contributed by atoms with Gasteiger partial charge in [0.1, 0.15) is 0 Å². The Labute approximate surface area is 216 Å². The van der Waals surface area contributed by atoms with Gasteiger partial charge in [0.15, 0.2) is 0 Å². The molecule has 0 bridgehead atoms. The van der Waals surface area contributed by atoms with Gasteiger partial charge in [-0.2, -0.15) is 13.2 Å². The maximum absolute atomic E-state index is 13.3. The molecule has 0 atom stereocenters. The number of rotatable bonds is 6. The van der Waals surface area contributed by atoms with Crippen LogP contribution >= 0.6 is 15.9 Å². The molecule has 3 rings (SSSR count). The summed E-state index contributed by atoms with van der Waals surface area (Å²) in [5.41, 5.74) is 3.84. The summed E-state index contributed by atoms with van der Waals surface area (Å²) in [6.07, 6.45) is -4.74. The van der Waals surface area contributed by atoms with Crippen molar-refractivity contribution >= 4 is 33.7 Å². The second kappa shape index (κ2) is 13.4. The third-order valence-corrected chi connectivity index (χ3v) is 5.88. The molecule has 11 heteroatoms. The van der Waals surface area contributed by atoms with Crippen LogP contribution in [-0.2, 0) is 16.1 Å². The number of nitrogens with one attached hydrogen (secondary N) is 1. The number of benzene rings is 2. The molecule has 1 saturated heterocycles. The van der Waals surface area contributed by atoms with Crippen LogP contribution in [0.4, 0.5) is 13.2 Å². The Bertz CT molecular complexity index is 1040. The Hall–Kier alpha value is -2.92. The maximum Gasteiger partial charge on any atom is 0.490 e. The average molecular weight is 572 g/mol. The minimum absolute atomic E-state index is 0.0344. The highest BCUT2D eigenvalue weighted by Crippen LogP contribution is 2.17. The van der Waals surface area contributed by atoms with E-state index in [0.29, 0.717) is 25.1 Å². The van der Waals surface area contributed by atoms with E-state index in [-0.39, 0.29) is 11.8 Å². The molecular formula is C25H29BrF3N3O4. The number of halogens is 4. The molecule has 1 aliphatic rings. The largest absolute Gasteiger partial charge is 0.490 e. The van der Waals surface area contributed by atoms with Crippen molar-refractivity contribution in [3.63, 3.8) is 0 Å². The molecule has 0 radical (unpaired) electrons. The fourth-order valence-electron chi connectivity index (χ4n) is 3.65. The second-order valence-electron chi connectivity index (χ2n) is 8.41. The standard InChI is InChI=1S/C23H28BrN3O2.C2HF3O2/c1-17-13-18(2)15-20(14-17)23(29)27(16-19-3-5-21(24)6-4-19)10-7-22(28)26-11-8-25-9-12-26;3-2(4,5)1(6)7/h3-6,13-15,25H,7-12,16H2,1-2H3;(H,6,7). The highest BCUT2D eigenvalue weighted by atomic mass is 79.9. The number of aliphatic carboxylic acids is 1. The first-order valence-electron chi connectivity index (χ1n) is 11.3. The van der Waals surface area contributed by atoms with Crippen molar-refractivity contribution in [3.8, 4) is 0 Å². The zero-order valence-corrected chi connectivity index (χ0v) is 21.7. The van der Waals surface area contributed by atoms with Gasteiger partial charge in [-0.1, -0.05) is 45.3 Å². The van der Waals surface area contributed by atoms with E-state index in [0.717, 1.165) is 47.3 Å². The topological polar surface area (TPSA) is 90.0 Å².